The van der Waals surface area contributed by atoms with Crippen molar-refractivity contribution in [1.82, 2.24) is 10.2 Å². The number of carbonyl (C=O) groups is 1. The number of carbonyl (C=O) groups excluding carboxylic acids is 1. The molecule has 1 aliphatic rings. The highest BCUT2D eigenvalue weighted by molar-refractivity contribution is 5.74. The molecule has 0 unspecified atom stereocenters. The Morgan fingerprint density at radius 2 is 1.71 bits per heavy atom. The van der Waals surface area contributed by atoms with Crippen LogP contribution in [0.25, 0.3) is 0 Å². The van der Waals surface area contributed by atoms with Gasteiger partial charge in [-0.15, -0.1) is 0 Å². The van der Waals surface area contributed by atoms with Gasteiger partial charge < -0.3 is 15.3 Å². The van der Waals surface area contributed by atoms with Gasteiger partial charge in [0.1, 0.15) is 5.75 Å². The van der Waals surface area contributed by atoms with Crippen LogP contribution in [0, 0.1) is 6.92 Å². The highest BCUT2D eigenvalue weighted by Crippen LogP contribution is 2.28. The first kappa shape index (κ1) is 16.4. The van der Waals surface area contributed by atoms with Crippen molar-refractivity contribution in [3.63, 3.8) is 0 Å². The number of nitrogens with one attached hydrogen (secondary N) is 1. The van der Waals surface area contributed by atoms with Crippen LogP contribution in [0.15, 0.2) is 48.5 Å². The Morgan fingerprint density at radius 1 is 1.08 bits per heavy atom. The number of hydrogen-bond donors (Lipinski definition) is 2. The number of aryl methyl sites for hydroxylation is 1. The summed E-state index contributed by atoms with van der Waals surface area (Å²) in [5.41, 5.74) is 3.59. The lowest BCUT2D eigenvalue weighted by Crippen LogP contribution is -2.43. The molecule has 0 saturated carbocycles. The number of benzene rings is 2. The third kappa shape index (κ3) is 4.07. The van der Waals surface area contributed by atoms with Crippen LogP contribution >= 0.6 is 0 Å². The average Bonchev–Trinajstić information content (AvgIpc) is 2.62. The second-order valence-electron chi connectivity index (χ2n) is 6.50. The zero-order chi connectivity index (χ0) is 16.9. The van der Waals surface area contributed by atoms with Gasteiger partial charge in [0.05, 0.1) is 0 Å². The van der Waals surface area contributed by atoms with E-state index in [1.807, 2.05) is 29.2 Å². The van der Waals surface area contributed by atoms with Crippen LogP contribution in [0.3, 0.4) is 0 Å². The Balaban J connectivity index is 1.48. The predicted octanol–water partition coefficient (Wildman–Crippen LogP) is 3.79. The van der Waals surface area contributed by atoms with Gasteiger partial charge in [0, 0.05) is 19.6 Å². The lowest BCUT2D eigenvalue weighted by Gasteiger charge is -2.32. The molecular weight excluding hydrogens is 300 g/mol. The molecule has 3 rings (SSSR count). The van der Waals surface area contributed by atoms with Crippen LogP contribution in [-0.2, 0) is 6.54 Å². The van der Waals surface area contributed by atoms with Crippen LogP contribution in [0.5, 0.6) is 5.75 Å². The van der Waals surface area contributed by atoms with Crippen LogP contribution in [0.4, 0.5) is 4.79 Å². The van der Waals surface area contributed by atoms with E-state index in [1.54, 1.807) is 12.1 Å². The Morgan fingerprint density at radius 3 is 2.33 bits per heavy atom. The van der Waals surface area contributed by atoms with E-state index in [0.29, 0.717) is 18.2 Å². The third-order valence-corrected chi connectivity index (χ3v) is 4.71. The van der Waals surface area contributed by atoms with Crippen molar-refractivity contribution in [2.75, 3.05) is 13.1 Å². The molecule has 1 aliphatic heterocycles. The van der Waals surface area contributed by atoms with E-state index in [9.17, 15) is 9.90 Å². The van der Waals surface area contributed by atoms with Gasteiger partial charge in [-0.2, -0.15) is 0 Å². The standard InChI is InChI=1S/C20H24N2O2/c1-15-2-4-16(5-3-15)14-21-20(24)22-12-10-18(11-13-22)17-6-8-19(23)9-7-17/h2-9,18,23H,10-14H2,1H3,(H,21,24). The molecule has 1 heterocycles. The molecule has 126 valence electrons. The number of phenolic OH excluding ortho intramolecular Hbond substituents is 1. The number of phenols is 1. The minimum absolute atomic E-state index is 0.0136. The van der Waals surface area contributed by atoms with Crippen molar-refractivity contribution in [3.05, 3.63) is 65.2 Å². The summed E-state index contributed by atoms with van der Waals surface area (Å²) < 4.78 is 0. The summed E-state index contributed by atoms with van der Waals surface area (Å²) in [6.07, 6.45) is 1.92. The maximum atomic E-state index is 12.3. The van der Waals surface area contributed by atoms with Gasteiger partial charge in [-0.05, 0) is 48.9 Å². The Labute approximate surface area is 143 Å². The van der Waals surface area contributed by atoms with E-state index in [-0.39, 0.29) is 6.03 Å². The van der Waals surface area contributed by atoms with Crippen LogP contribution < -0.4 is 5.32 Å². The van der Waals surface area contributed by atoms with Gasteiger partial charge in [-0.1, -0.05) is 42.0 Å². The molecule has 0 bridgehead atoms. The van der Waals surface area contributed by atoms with Crippen molar-refractivity contribution < 1.29 is 9.90 Å². The number of aromatic hydroxyl groups is 1. The number of urea groups is 1. The molecule has 1 saturated heterocycles. The van der Waals surface area contributed by atoms with E-state index in [1.165, 1.54) is 11.1 Å². The average molecular weight is 324 g/mol. The minimum atomic E-state index is 0.0136. The molecule has 0 aliphatic carbocycles. The van der Waals surface area contributed by atoms with E-state index >= 15 is 0 Å². The molecule has 0 atom stereocenters. The van der Waals surface area contributed by atoms with Crippen molar-refractivity contribution in [3.8, 4) is 5.75 Å². The van der Waals surface area contributed by atoms with Crippen LogP contribution in [0.2, 0.25) is 0 Å². The molecule has 4 heteroatoms. The van der Waals surface area contributed by atoms with Crippen molar-refractivity contribution in [2.45, 2.75) is 32.2 Å². The molecule has 2 N–H and O–H groups in total. The van der Waals surface area contributed by atoms with Gasteiger partial charge in [-0.3, -0.25) is 0 Å². The quantitative estimate of drug-likeness (QED) is 0.902. The third-order valence-electron chi connectivity index (χ3n) is 4.71. The summed E-state index contributed by atoms with van der Waals surface area (Å²) in [7, 11) is 0. The summed E-state index contributed by atoms with van der Waals surface area (Å²) in [6.45, 7) is 4.16. The van der Waals surface area contributed by atoms with E-state index < -0.39 is 0 Å². The highest BCUT2D eigenvalue weighted by Gasteiger charge is 2.23. The van der Waals surface area contributed by atoms with E-state index in [4.69, 9.17) is 0 Å². The Kier molecular flexibility index (Phi) is 5.04. The van der Waals surface area contributed by atoms with E-state index in [2.05, 4.69) is 24.4 Å². The van der Waals surface area contributed by atoms with Gasteiger partial charge >= 0.3 is 6.03 Å². The summed E-state index contributed by atoms with van der Waals surface area (Å²) in [5, 5.41) is 12.4. The molecule has 2 amide bonds. The monoisotopic (exact) mass is 324 g/mol. The fourth-order valence-corrected chi connectivity index (χ4v) is 3.16. The molecule has 4 nitrogen and oxygen atoms in total. The smallest absolute Gasteiger partial charge is 0.317 e. The number of amides is 2. The normalized spacial score (nSPS) is 15.3. The highest BCUT2D eigenvalue weighted by atomic mass is 16.3. The first-order valence-electron chi connectivity index (χ1n) is 8.49. The van der Waals surface area contributed by atoms with Crippen molar-refractivity contribution in [1.29, 1.82) is 0 Å². The molecule has 0 aromatic heterocycles. The van der Waals surface area contributed by atoms with Crippen LogP contribution in [0.1, 0.15) is 35.4 Å². The fourth-order valence-electron chi connectivity index (χ4n) is 3.16. The maximum Gasteiger partial charge on any atom is 0.317 e. The minimum Gasteiger partial charge on any atom is -0.508 e. The second kappa shape index (κ2) is 7.39. The number of hydrogen-bond acceptors (Lipinski definition) is 2. The van der Waals surface area contributed by atoms with Crippen molar-refractivity contribution >= 4 is 6.03 Å². The zero-order valence-electron chi connectivity index (χ0n) is 14.0. The van der Waals surface area contributed by atoms with Gasteiger partial charge in [0.2, 0.25) is 0 Å². The number of nitrogens with zero attached hydrogens (tertiary/aromatic N) is 1. The van der Waals surface area contributed by atoms with Gasteiger partial charge in [0.25, 0.3) is 0 Å². The largest absolute Gasteiger partial charge is 0.508 e. The molecule has 2 aromatic rings. The zero-order valence-corrected chi connectivity index (χ0v) is 14.0. The number of rotatable bonds is 3. The summed E-state index contributed by atoms with van der Waals surface area (Å²) in [4.78, 5) is 14.2. The summed E-state index contributed by atoms with van der Waals surface area (Å²) >= 11 is 0. The first-order valence-corrected chi connectivity index (χ1v) is 8.49. The molecule has 24 heavy (non-hydrogen) atoms. The molecule has 0 radical (unpaired) electrons. The molecular formula is C20H24N2O2. The number of piperidine rings is 1. The lowest BCUT2D eigenvalue weighted by atomic mass is 9.89. The fraction of sp³-hybridized carbons (Fsp3) is 0.350. The number of likely N-dealkylation sites (tertiary alicyclic amines) is 1. The van der Waals surface area contributed by atoms with Crippen molar-refractivity contribution in [2.24, 2.45) is 0 Å². The topological polar surface area (TPSA) is 52.6 Å². The summed E-state index contributed by atoms with van der Waals surface area (Å²) in [6, 6.07) is 15.7. The molecule has 0 spiro atoms. The van der Waals surface area contributed by atoms with Gasteiger partial charge in [-0.25, -0.2) is 4.79 Å². The Bertz CT molecular complexity index is 672. The van der Waals surface area contributed by atoms with Gasteiger partial charge in [0.15, 0.2) is 0 Å². The Hall–Kier alpha value is -2.49. The SMILES string of the molecule is Cc1ccc(CNC(=O)N2CCC(c3ccc(O)cc3)CC2)cc1. The van der Waals surface area contributed by atoms with Crippen LogP contribution in [-0.4, -0.2) is 29.1 Å². The predicted molar refractivity (Wildman–Crippen MR) is 95.1 cm³/mol. The first-order chi connectivity index (χ1) is 11.6. The molecule has 1 fully saturated rings. The second-order valence-corrected chi connectivity index (χ2v) is 6.50. The lowest BCUT2D eigenvalue weighted by molar-refractivity contribution is 0.181. The van der Waals surface area contributed by atoms with E-state index in [0.717, 1.165) is 31.5 Å². The maximum absolute atomic E-state index is 12.3. The molecule has 2 aromatic carbocycles. The summed E-state index contributed by atoms with van der Waals surface area (Å²) in [5.74, 6) is 0.762.